The number of carbonyl (C=O) groups is 1. The van der Waals surface area contributed by atoms with Crippen molar-refractivity contribution in [2.75, 3.05) is 6.61 Å². The summed E-state index contributed by atoms with van der Waals surface area (Å²) in [6.45, 7) is 0.557. The molecule has 1 aliphatic rings. The molecule has 1 aromatic rings. The maximum atomic E-state index is 11.7. The molecule has 8 heteroatoms. The van der Waals surface area contributed by atoms with E-state index in [0.717, 1.165) is 12.1 Å². The highest BCUT2D eigenvalue weighted by molar-refractivity contribution is 5.98. The average Bonchev–Trinajstić information content (AvgIpc) is 2.43. The minimum atomic E-state index is -1.62. The first-order chi connectivity index (χ1) is 10.3. The fourth-order valence-corrected chi connectivity index (χ4v) is 2.60. The van der Waals surface area contributed by atoms with E-state index in [9.17, 15) is 35.4 Å². The molecule has 0 radical (unpaired) electrons. The smallest absolute Gasteiger partial charge is 0.163 e. The fourth-order valence-electron chi connectivity index (χ4n) is 2.60. The maximum Gasteiger partial charge on any atom is 0.163 e. The maximum absolute atomic E-state index is 11.7. The molecule has 2 rings (SSSR count). The van der Waals surface area contributed by atoms with Crippen LogP contribution in [0.3, 0.4) is 0 Å². The van der Waals surface area contributed by atoms with Crippen molar-refractivity contribution in [1.82, 2.24) is 0 Å². The normalized spacial score (nSPS) is 32.0. The zero-order chi connectivity index (χ0) is 16.6. The zero-order valence-corrected chi connectivity index (χ0v) is 11.7. The van der Waals surface area contributed by atoms with E-state index in [4.69, 9.17) is 4.74 Å². The van der Waals surface area contributed by atoms with E-state index in [0.29, 0.717) is 0 Å². The van der Waals surface area contributed by atoms with Crippen molar-refractivity contribution >= 4 is 5.78 Å². The van der Waals surface area contributed by atoms with Crippen molar-refractivity contribution < 1.29 is 40.2 Å². The van der Waals surface area contributed by atoms with E-state index in [1.54, 1.807) is 0 Å². The Kier molecular flexibility index (Phi) is 4.69. The lowest BCUT2D eigenvalue weighted by molar-refractivity contribution is -0.231. The van der Waals surface area contributed by atoms with Gasteiger partial charge in [0.25, 0.3) is 0 Å². The van der Waals surface area contributed by atoms with Gasteiger partial charge in [-0.1, -0.05) is 0 Å². The van der Waals surface area contributed by atoms with Crippen LogP contribution >= 0.6 is 0 Å². The van der Waals surface area contributed by atoms with Crippen LogP contribution in [-0.2, 0) is 4.74 Å². The van der Waals surface area contributed by atoms with Gasteiger partial charge in [-0.25, -0.2) is 0 Å². The molecule has 1 aliphatic heterocycles. The summed E-state index contributed by atoms with van der Waals surface area (Å²) < 4.78 is 5.33. The van der Waals surface area contributed by atoms with E-state index in [2.05, 4.69) is 0 Å². The summed E-state index contributed by atoms with van der Waals surface area (Å²) in [5.41, 5.74) is -0.218. The van der Waals surface area contributed by atoms with Gasteiger partial charge in [0, 0.05) is 11.6 Å². The number of carbonyl (C=O) groups excluding carboxylic acids is 1. The number of phenolic OH excluding ortho intramolecular Hbond substituents is 2. The first kappa shape index (κ1) is 16.7. The van der Waals surface area contributed by atoms with Crippen molar-refractivity contribution in [2.45, 2.75) is 37.4 Å². The van der Waals surface area contributed by atoms with Crippen LogP contribution in [0.4, 0.5) is 0 Å². The molecule has 0 saturated carbocycles. The topological polar surface area (TPSA) is 148 Å². The van der Waals surface area contributed by atoms with Gasteiger partial charge in [-0.2, -0.15) is 0 Å². The van der Waals surface area contributed by atoms with Gasteiger partial charge < -0.3 is 35.4 Å². The standard InChI is InChI=1S/C14H18O8/c1-5(16)10-7(2-6(17)3-8(10)18)14-13(21)12(20)11(19)9(4-15)22-14/h2-3,9,11-15,17-21H,4H2,1H3/t9-,11-,12+,13-,14+/m1/s1. The molecule has 1 fully saturated rings. The van der Waals surface area contributed by atoms with E-state index in [1.807, 2.05) is 0 Å². The van der Waals surface area contributed by atoms with Gasteiger partial charge in [0.1, 0.15) is 42.0 Å². The molecule has 8 nitrogen and oxygen atoms in total. The van der Waals surface area contributed by atoms with E-state index in [-0.39, 0.29) is 16.9 Å². The summed E-state index contributed by atoms with van der Waals surface area (Å²) in [6.07, 6.45) is -7.25. The third-order valence-electron chi connectivity index (χ3n) is 3.68. The predicted molar refractivity (Wildman–Crippen MR) is 72.5 cm³/mol. The van der Waals surface area contributed by atoms with Crippen LogP contribution in [0, 0.1) is 0 Å². The number of ketones is 1. The van der Waals surface area contributed by atoms with E-state index < -0.39 is 48.7 Å². The number of hydrogen-bond acceptors (Lipinski definition) is 8. The molecule has 22 heavy (non-hydrogen) atoms. The largest absolute Gasteiger partial charge is 0.508 e. The lowest BCUT2D eigenvalue weighted by atomic mass is 9.88. The van der Waals surface area contributed by atoms with Gasteiger partial charge in [-0.15, -0.1) is 0 Å². The number of Topliss-reactive ketones (excluding diaryl/α,β-unsaturated/α-hetero) is 1. The Morgan fingerprint density at radius 2 is 1.77 bits per heavy atom. The zero-order valence-electron chi connectivity index (χ0n) is 11.7. The highest BCUT2D eigenvalue weighted by Gasteiger charge is 2.45. The van der Waals surface area contributed by atoms with Gasteiger partial charge in [0.15, 0.2) is 5.78 Å². The third kappa shape index (κ3) is 2.79. The molecule has 122 valence electrons. The lowest BCUT2D eigenvalue weighted by Gasteiger charge is -2.40. The van der Waals surface area contributed by atoms with Gasteiger partial charge in [-0.3, -0.25) is 4.79 Å². The number of rotatable bonds is 3. The first-order valence-electron chi connectivity index (χ1n) is 6.65. The Labute approximate surface area is 125 Å². The van der Waals surface area contributed by atoms with E-state index in [1.165, 1.54) is 6.92 Å². The first-order valence-corrected chi connectivity index (χ1v) is 6.65. The minimum absolute atomic E-state index is 0.0399. The molecule has 1 aromatic carbocycles. The summed E-state index contributed by atoms with van der Waals surface area (Å²) in [5.74, 6) is -1.40. The molecule has 0 unspecified atom stereocenters. The van der Waals surface area contributed by atoms with Gasteiger partial charge in [-0.05, 0) is 13.0 Å². The number of aliphatic hydroxyl groups is 4. The van der Waals surface area contributed by atoms with Crippen molar-refractivity contribution in [3.63, 3.8) is 0 Å². The van der Waals surface area contributed by atoms with Crippen molar-refractivity contribution in [3.05, 3.63) is 23.3 Å². The average molecular weight is 314 g/mol. The molecular formula is C14H18O8. The molecule has 5 atom stereocenters. The Balaban J connectivity index is 2.52. The molecule has 0 spiro atoms. The predicted octanol–water partition coefficient (Wildman–Crippen LogP) is -1.18. The van der Waals surface area contributed by atoms with Crippen LogP contribution < -0.4 is 0 Å². The molecule has 1 heterocycles. The Morgan fingerprint density at radius 3 is 2.32 bits per heavy atom. The van der Waals surface area contributed by atoms with Gasteiger partial charge >= 0.3 is 0 Å². The van der Waals surface area contributed by atoms with Crippen molar-refractivity contribution in [3.8, 4) is 11.5 Å². The highest BCUT2D eigenvalue weighted by atomic mass is 16.5. The number of aromatic hydroxyl groups is 2. The lowest BCUT2D eigenvalue weighted by Crippen LogP contribution is -2.55. The second kappa shape index (κ2) is 6.19. The number of aliphatic hydroxyl groups excluding tert-OH is 4. The Morgan fingerprint density at radius 1 is 1.14 bits per heavy atom. The van der Waals surface area contributed by atoms with Gasteiger partial charge in [0.05, 0.1) is 12.2 Å². The van der Waals surface area contributed by atoms with Crippen LogP contribution in [0.2, 0.25) is 0 Å². The monoisotopic (exact) mass is 314 g/mol. The molecule has 0 aliphatic carbocycles. The van der Waals surface area contributed by atoms with Crippen LogP contribution in [0.5, 0.6) is 11.5 Å². The summed E-state index contributed by atoms with van der Waals surface area (Å²) >= 11 is 0. The Bertz CT molecular complexity index is 570. The molecule has 1 saturated heterocycles. The minimum Gasteiger partial charge on any atom is -0.508 e. The highest BCUT2D eigenvalue weighted by Crippen LogP contribution is 2.38. The van der Waals surface area contributed by atoms with Crippen LogP contribution in [0.1, 0.15) is 28.9 Å². The number of phenols is 2. The summed E-state index contributed by atoms with van der Waals surface area (Å²) in [6, 6.07) is 2.08. The molecular weight excluding hydrogens is 296 g/mol. The summed E-state index contributed by atoms with van der Waals surface area (Å²) in [7, 11) is 0. The fraction of sp³-hybridized carbons (Fsp3) is 0.500. The third-order valence-corrected chi connectivity index (χ3v) is 3.68. The second-order valence-electron chi connectivity index (χ2n) is 5.23. The number of ether oxygens (including phenoxy) is 1. The number of hydrogen-bond donors (Lipinski definition) is 6. The summed E-state index contributed by atoms with van der Waals surface area (Å²) in [5, 5.41) is 58.2. The quantitative estimate of drug-likeness (QED) is 0.382. The van der Waals surface area contributed by atoms with Crippen LogP contribution in [0.15, 0.2) is 12.1 Å². The van der Waals surface area contributed by atoms with E-state index >= 15 is 0 Å². The summed E-state index contributed by atoms with van der Waals surface area (Å²) in [4.78, 5) is 11.7. The van der Waals surface area contributed by atoms with Crippen LogP contribution in [-0.4, -0.2) is 67.4 Å². The molecule has 0 amide bonds. The SMILES string of the molecule is CC(=O)c1c(O)cc(O)cc1[C@@H]1O[C@H](CO)[C@@H](O)[C@H](O)[C@H]1O. The molecule has 0 bridgehead atoms. The number of benzene rings is 1. The molecule has 0 aromatic heterocycles. The second-order valence-corrected chi connectivity index (χ2v) is 5.23. The van der Waals surface area contributed by atoms with Crippen molar-refractivity contribution in [2.24, 2.45) is 0 Å². The molecule has 6 N–H and O–H groups in total. The van der Waals surface area contributed by atoms with Crippen LogP contribution in [0.25, 0.3) is 0 Å². The van der Waals surface area contributed by atoms with Crippen molar-refractivity contribution in [1.29, 1.82) is 0 Å². The Hall–Kier alpha value is -1.71. The van der Waals surface area contributed by atoms with Gasteiger partial charge in [0.2, 0.25) is 0 Å².